The van der Waals surface area contributed by atoms with E-state index in [1.54, 1.807) is 11.8 Å². The molecule has 0 atom stereocenters. The highest BCUT2D eigenvalue weighted by Crippen LogP contribution is 2.34. The average Bonchev–Trinajstić information content (AvgIpc) is 2.27. The molecule has 112 valence electrons. The van der Waals surface area contributed by atoms with Crippen molar-refractivity contribution in [2.24, 2.45) is 5.41 Å². The van der Waals surface area contributed by atoms with Gasteiger partial charge in [-0.25, -0.2) is 4.79 Å². The molecule has 0 fully saturated rings. The molecule has 1 N–H and O–H groups in total. The molecule has 0 aliphatic rings. The van der Waals surface area contributed by atoms with E-state index in [-0.39, 0.29) is 11.5 Å². The summed E-state index contributed by atoms with van der Waals surface area (Å²) in [4.78, 5) is 12.7. The molecule has 0 saturated heterocycles. The standard InChI is InChI=1S/C15H22BrNO2S/c1-10(2)19-14(18)17-11-6-7-12(16)13(8-11)20-9-15(3,4)5/h6-8,10H,9H2,1-5H3,(H,17,18). The van der Waals surface area contributed by atoms with Crippen LogP contribution in [0.25, 0.3) is 0 Å². The van der Waals surface area contributed by atoms with Gasteiger partial charge in [0, 0.05) is 20.8 Å². The van der Waals surface area contributed by atoms with E-state index in [9.17, 15) is 4.79 Å². The van der Waals surface area contributed by atoms with Gasteiger partial charge in [0.05, 0.1) is 6.10 Å². The van der Waals surface area contributed by atoms with E-state index in [0.29, 0.717) is 0 Å². The molecule has 0 radical (unpaired) electrons. The molecule has 0 aliphatic heterocycles. The first-order chi connectivity index (χ1) is 9.17. The number of halogens is 1. The molecule has 1 amide bonds. The number of thioether (sulfide) groups is 1. The van der Waals surface area contributed by atoms with Crippen molar-refractivity contribution < 1.29 is 9.53 Å². The molecular formula is C15H22BrNO2S. The minimum Gasteiger partial charge on any atom is -0.447 e. The van der Waals surface area contributed by atoms with Gasteiger partial charge in [-0.1, -0.05) is 20.8 Å². The van der Waals surface area contributed by atoms with E-state index < -0.39 is 6.09 Å². The smallest absolute Gasteiger partial charge is 0.411 e. The number of hydrogen-bond donors (Lipinski definition) is 1. The lowest BCUT2D eigenvalue weighted by Crippen LogP contribution is -2.18. The summed E-state index contributed by atoms with van der Waals surface area (Å²) in [5.41, 5.74) is 1.000. The summed E-state index contributed by atoms with van der Waals surface area (Å²) in [6, 6.07) is 5.75. The fraction of sp³-hybridized carbons (Fsp3) is 0.533. The zero-order chi connectivity index (χ0) is 15.3. The van der Waals surface area contributed by atoms with E-state index in [1.807, 2.05) is 32.0 Å². The van der Waals surface area contributed by atoms with Gasteiger partial charge in [-0.05, 0) is 53.4 Å². The van der Waals surface area contributed by atoms with E-state index in [4.69, 9.17) is 4.74 Å². The summed E-state index contributed by atoms with van der Waals surface area (Å²) in [5, 5.41) is 2.74. The second kappa shape index (κ2) is 7.36. The normalized spacial score (nSPS) is 11.6. The van der Waals surface area contributed by atoms with Crippen molar-refractivity contribution in [3.63, 3.8) is 0 Å². The summed E-state index contributed by atoms with van der Waals surface area (Å²) in [5.74, 6) is 1.01. The number of amides is 1. The Kier molecular flexibility index (Phi) is 6.40. The zero-order valence-electron chi connectivity index (χ0n) is 12.6. The molecule has 3 nitrogen and oxygen atoms in total. The molecule has 0 spiro atoms. The molecule has 0 unspecified atom stereocenters. The van der Waals surface area contributed by atoms with Gasteiger partial charge in [0.25, 0.3) is 0 Å². The van der Waals surface area contributed by atoms with Crippen LogP contribution in [0.5, 0.6) is 0 Å². The van der Waals surface area contributed by atoms with Crippen LogP contribution in [0.2, 0.25) is 0 Å². The van der Waals surface area contributed by atoms with Gasteiger partial charge in [-0.3, -0.25) is 5.32 Å². The van der Waals surface area contributed by atoms with Crippen molar-refractivity contribution in [2.45, 2.75) is 45.6 Å². The first-order valence-electron chi connectivity index (χ1n) is 6.57. The average molecular weight is 360 g/mol. The van der Waals surface area contributed by atoms with Crippen LogP contribution in [0.3, 0.4) is 0 Å². The Morgan fingerprint density at radius 2 is 2.05 bits per heavy atom. The third kappa shape index (κ3) is 6.66. The Balaban J connectivity index is 2.73. The first kappa shape index (κ1) is 17.4. The monoisotopic (exact) mass is 359 g/mol. The van der Waals surface area contributed by atoms with Gasteiger partial charge < -0.3 is 4.74 Å². The van der Waals surface area contributed by atoms with Crippen LogP contribution in [0.4, 0.5) is 10.5 Å². The quantitative estimate of drug-likeness (QED) is 0.716. The number of rotatable bonds is 4. The molecule has 0 aliphatic carbocycles. The van der Waals surface area contributed by atoms with E-state index >= 15 is 0 Å². The molecule has 1 rings (SSSR count). The molecule has 5 heteroatoms. The summed E-state index contributed by atoms with van der Waals surface area (Å²) in [6.45, 7) is 10.3. The highest BCUT2D eigenvalue weighted by atomic mass is 79.9. The molecule has 0 saturated carbocycles. The lowest BCUT2D eigenvalue weighted by atomic mass is 10.0. The van der Waals surface area contributed by atoms with Crippen LogP contribution in [0.15, 0.2) is 27.6 Å². The molecule has 20 heavy (non-hydrogen) atoms. The molecule has 1 aromatic carbocycles. The van der Waals surface area contributed by atoms with Crippen molar-refractivity contribution in [1.82, 2.24) is 0 Å². The van der Waals surface area contributed by atoms with Crippen LogP contribution < -0.4 is 5.32 Å². The third-order valence-electron chi connectivity index (χ3n) is 2.18. The Morgan fingerprint density at radius 1 is 1.40 bits per heavy atom. The lowest BCUT2D eigenvalue weighted by Gasteiger charge is -2.18. The Bertz CT molecular complexity index is 469. The topological polar surface area (TPSA) is 38.3 Å². The van der Waals surface area contributed by atoms with Gasteiger partial charge in [0.15, 0.2) is 0 Å². The number of benzene rings is 1. The van der Waals surface area contributed by atoms with Crippen LogP contribution in [-0.2, 0) is 4.74 Å². The predicted molar refractivity (Wildman–Crippen MR) is 89.6 cm³/mol. The second-order valence-corrected chi connectivity index (χ2v) is 7.95. The van der Waals surface area contributed by atoms with Gasteiger partial charge >= 0.3 is 6.09 Å². The zero-order valence-corrected chi connectivity index (χ0v) is 15.0. The van der Waals surface area contributed by atoms with E-state index in [2.05, 4.69) is 42.0 Å². The Hall–Kier alpha value is -0.680. The maximum absolute atomic E-state index is 11.6. The number of carbonyl (C=O) groups is 1. The maximum atomic E-state index is 11.6. The van der Waals surface area contributed by atoms with Crippen molar-refractivity contribution in [2.75, 3.05) is 11.1 Å². The van der Waals surface area contributed by atoms with Crippen molar-refractivity contribution in [3.8, 4) is 0 Å². The van der Waals surface area contributed by atoms with Gasteiger partial charge in [0.2, 0.25) is 0 Å². The number of anilines is 1. The summed E-state index contributed by atoms with van der Waals surface area (Å²) in [6.07, 6.45) is -0.547. The SMILES string of the molecule is CC(C)OC(=O)Nc1ccc(Br)c(SCC(C)(C)C)c1. The fourth-order valence-corrected chi connectivity index (χ4v) is 2.94. The van der Waals surface area contributed by atoms with Crippen LogP contribution >= 0.6 is 27.7 Å². The highest BCUT2D eigenvalue weighted by Gasteiger charge is 2.13. The number of hydrogen-bond acceptors (Lipinski definition) is 3. The summed E-state index contributed by atoms with van der Waals surface area (Å²) >= 11 is 5.31. The number of carbonyl (C=O) groups excluding carboxylic acids is 1. The second-order valence-electron chi connectivity index (χ2n) is 6.07. The minimum absolute atomic E-state index is 0.125. The third-order valence-corrected chi connectivity index (χ3v) is 4.79. The number of nitrogens with one attached hydrogen (secondary N) is 1. The Morgan fingerprint density at radius 3 is 2.60 bits per heavy atom. The van der Waals surface area contributed by atoms with Crippen LogP contribution in [-0.4, -0.2) is 18.0 Å². The van der Waals surface area contributed by atoms with E-state index in [0.717, 1.165) is 20.8 Å². The van der Waals surface area contributed by atoms with Gasteiger partial charge in [0.1, 0.15) is 0 Å². The largest absolute Gasteiger partial charge is 0.447 e. The predicted octanol–water partition coefficient (Wildman–Crippen LogP) is 5.54. The first-order valence-corrected chi connectivity index (χ1v) is 8.35. The Labute approximate surface area is 134 Å². The minimum atomic E-state index is -0.422. The van der Waals surface area contributed by atoms with Crippen LogP contribution in [0.1, 0.15) is 34.6 Å². The molecule has 0 bridgehead atoms. The molecule has 0 heterocycles. The maximum Gasteiger partial charge on any atom is 0.411 e. The fourth-order valence-electron chi connectivity index (χ4n) is 1.35. The molecule has 1 aromatic rings. The molecular weight excluding hydrogens is 338 g/mol. The van der Waals surface area contributed by atoms with Gasteiger partial charge in [-0.15, -0.1) is 11.8 Å². The lowest BCUT2D eigenvalue weighted by molar-refractivity contribution is 0.130. The highest BCUT2D eigenvalue weighted by molar-refractivity contribution is 9.10. The van der Waals surface area contributed by atoms with Crippen molar-refractivity contribution in [3.05, 3.63) is 22.7 Å². The van der Waals surface area contributed by atoms with Crippen LogP contribution in [0, 0.1) is 5.41 Å². The van der Waals surface area contributed by atoms with Crippen molar-refractivity contribution in [1.29, 1.82) is 0 Å². The number of ether oxygens (including phenoxy) is 1. The van der Waals surface area contributed by atoms with Gasteiger partial charge in [-0.2, -0.15) is 0 Å². The van der Waals surface area contributed by atoms with Crippen molar-refractivity contribution >= 4 is 39.5 Å². The summed E-state index contributed by atoms with van der Waals surface area (Å²) in [7, 11) is 0. The molecule has 0 aromatic heterocycles. The summed E-state index contributed by atoms with van der Waals surface area (Å²) < 4.78 is 6.11. The van der Waals surface area contributed by atoms with E-state index in [1.165, 1.54) is 0 Å².